The molecule has 0 spiro atoms. The second kappa shape index (κ2) is 16.1. The molecule has 0 aliphatic heterocycles. The molecule has 1 nitrogen and oxygen atoms in total. The van der Waals surface area contributed by atoms with Gasteiger partial charge in [0, 0.05) is 6.61 Å². The minimum atomic E-state index is -0.972. The molecule has 0 saturated heterocycles. The summed E-state index contributed by atoms with van der Waals surface area (Å²) in [5, 5.41) is 7.57. The molecule has 38 valence electrons. The van der Waals surface area contributed by atoms with E-state index in [0.717, 1.165) is 0 Å². The third-order valence-corrected chi connectivity index (χ3v) is 0. The molecule has 2 radical (unpaired) electrons. The maximum atomic E-state index is 7.57. The van der Waals surface area contributed by atoms with Crippen LogP contribution in [0.1, 0.15) is 6.92 Å². The van der Waals surface area contributed by atoms with Gasteiger partial charge in [0.1, 0.15) is 0 Å². The van der Waals surface area contributed by atoms with Crippen LogP contribution in [-0.2, 0) is 0 Å². The topological polar surface area (TPSA) is 20.2 Å². The van der Waals surface area contributed by atoms with Crippen LogP contribution in [0.2, 0.25) is 0 Å². The van der Waals surface area contributed by atoms with Crippen LogP contribution >= 0.6 is 16.6 Å². The molecule has 0 saturated carbocycles. The normalized spacial score (nSPS) is 6.00. The Balaban J connectivity index is 0. The van der Waals surface area contributed by atoms with Gasteiger partial charge >= 0.3 is 38.4 Å². The Morgan fingerprint density at radius 1 is 1.67 bits per heavy atom. The van der Waals surface area contributed by atoms with Crippen LogP contribution in [-0.4, -0.2) is 33.5 Å². The summed E-state index contributed by atoms with van der Waals surface area (Å²) in [5.41, 5.74) is 0. The average molecular weight is 324 g/mol. The Bertz CT molecular complexity index is 13.5. The fraction of sp³-hybridized carbons (Fsp3) is 1.00. The fourth-order valence-corrected chi connectivity index (χ4v) is 0. The molecule has 0 amide bonds. The first-order chi connectivity index (χ1) is 2.83. The van der Waals surface area contributed by atoms with Crippen LogP contribution in [0.5, 0.6) is 0 Å². The number of halogens is 2. The summed E-state index contributed by atoms with van der Waals surface area (Å²) in [6.45, 7) is 1.93. The van der Waals surface area contributed by atoms with Crippen molar-refractivity contribution in [1.29, 1.82) is 0 Å². The van der Waals surface area contributed by atoms with E-state index in [0.29, 0.717) is 0 Å². The number of rotatable bonds is 0. The van der Waals surface area contributed by atoms with Gasteiger partial charge in [-0.1, -0.05) is 0 Å². The van der Waals surface area contributed by atoms with E-state index in [1.54, 1.807) is 6.92 Å². The van der Waals surface area contributed by atoms with Crippen LogP contribution < -0.4 is 0 Å². The van der Waals surface area contributed by atoms with E-state index >= 15 is 0 Å². The molecule has 1 N–H and O–H groups in total. The molecular weight excluding hydrogens is 318 g/mol. The van der Waals surface area contributed by atoms with E-state index in [1.165, 1.54) is 0 Å². The van der Waals surface area contributed by atoms with Gasteiger partial charge in [-0.2, -0.15) is 0 Å². The first kappa shape index (κ1) is 10.4. The molecule has 0 rings (SSSR count). The summed E-state index contributed by atoms with van der Waals surface area (Å²) >= 11 is -0.972. The summed E-state index contributed by atoms with van der Waals surface area (Å²) in [5.74, 6) is 0. The second-order valence-electron chi connectivity index (χ2n) is 0.388. The zero-order valence-electron chi connectivity index (χ0n) is 3.41. The number of hydrogen-bond donors (Lipinski definition) is 1. The molecule has 0 aromatic rings. The second-order valence-corrected chi connectivity index (χ2v) is 5.96. The molecule has 0 heterocycles. The molecule has 0 aliphatic rings. The van der Waals surface area contributed by atoms with E-state index in [9.17, 15) is 0 Å². The van der Waals surface area contributed by atoms with Gasteiger partial charge < -0.3 is 5.11 Å². The molecule has 0 fully saturated rings. The Morgan fingerprint density at radius 3 is 1.67 bits per heavy atom. The van der Waals surface area contributed by atoms with E-state index in [1.807, 2.05) is 0 Å². The summed E-state index contributed by atoms with van der Waals surface area (Å²) in [7, 11) is 9.92. The van der Waals surface area contributed by atoms with Crippen LogP contribution in [0, 0.1) is 0 Å². The van der Waals surface area contributed by atoms with Gasteiger partial charge in [-0.05, 0) is 6.92 Å². The Labute approximate surface area is 56.8 Å². The minimum absolute atomic E-state index is 0.250. The van der Waals surface area contributed by atoms with Crippen molar-refractivity contribution in [1.82, 2.24) is 0 Å². The van der Waals surface area contributed by atoms with E-state index in [2.05, 4.69) is 0 Å². The fourth-order valence-electron chi connectivity index (χ4n) is 0. The zero-order chi connectivity index (χ0) is 5.41. The van der Waals surface area contributed by atoms with Gasteiger partial charge in [0.2, 0.25) is 0 Å². The van der Waals surface area contributed by atoms with Crippen molar-refractivity contribution in [2.45, 2.75) is 6.92 Å². The predicted molar refractivity (Wildman–Crippen MR) is 30.2 cm³/mol. The van der Waals surface area contributed by atoms with Crippen LogP contribution in [0.15, 0.2) is 0 Å². The number of aliphatic hydroxyl groups is 1. The molecule has 0 aromatic heterocycles. The van der Waals surface area contributed by atoms with E-state index in [-0.39, 0.29) is 6.61 Å². The Morgan fingerprint density at radius 2 is 1.67 bits per heavy atom. The predicted octanol–water partition coefficient (Wildman–Crippen LogP) is 0.997. The summed E-state index contributed by atoms with van der Waals surface area (Å²) in [6.07, 6.45) is 0. The molecule has 6 heavy (non-hydrogen) atoms. The third-order valence-electron chi connectivity index (χ3n) is 0. The zero-order valence-corrected chi connectivity index (χ0v) is 8.81. The quantitative estimate of drug-likeness (QED) is 0.659. The maximum absolute atomic E-state index is 7.57. The van der Waals surface area contributed by atoms with Gasteiger partial charge in [-0.3, -0.25) is 0 Å². The van der Waals surface area contributed by atoms with Crippen LogP contribution in [0.3, 0.4) is 0 Å². The van der Waals surface area contributed by atoms with Gasteiger partial charge in [0.25, 0.3) is 0 Å². The Kier molecular flexibility index (Phi) is 28.0. The first-order valence-electron chi connectivity index (χ1n) is 1.40. The van der Waals surface area contributed by atoms with Gasteiger partial charge in [0.05, 0.1) is 0 Å². The van der Waals surface area contributed by atoms with Crippen molar-refractivity contribution in [2.24, 2.45) is 0 Å². The molecule has 0 unspecified atom stereocenters. The summed E-state index contributed by atoms with van der Waals surface area (Å²) in [4.78, 5) is 0. The van der Waals surface area contributed by atoms with Gasteiger partial charge in [-0.25, -0.2) is 0 Å². The molecule has 0 bridgehead atoms. The van der Waals surface area contributed by atoms with Crippen LogP contribution in [0.4, 0.5) is 0 Å². The van der Waals surface area contributed by atoms with Crippen LogP contribution in [0.25, 0.3) is 0 Å². The molecular formula is C2H6Cl2OPb. The molecule has 0 aliphatic carbocycles. The Hall–Kier alpha value is 1.46. The van der Waals surface area contributed by atoms with Crippen molar-refractivity contribution in [2.75, 3.05) is 6.61 Å². The van der Waals surface area contributed by atoms with E-state index in [4.69, 9.17) is 21.7 Å². The van der Waals surface area contributed by atoms with Gasteiger partial charge in [0.15, 0.2) is 0 Å². The van der Waals surface area contributed by atoms with Gasteiger partial charge in [-0.15, -0.1) is 0 Å². The van der Waals surface area contributed by atoms with Crippen molar-refractivity contribution >= 4 is 38.4 Å². The number of aliphatic hydroxyl groups excluding tert-OH is 1. The third kappa shape index (κ3) is 50.9. The number of hydrogen-bond acceptors (Lipinski definition) is 1. The SMILES string of the molecule is CCO.[Cl][Pb][Cl]. The van der Waals surface area contributed by atoms with E-state index < -0.39 is 21.8 Å². The van der Waals surface area contributed by atoms with Crippen molar-refractivity contribution in [3.63, 3.8) is 0 Å². The standard InChI is InChI=1S/C2H6O.2ClH.Pb/c1-2-3;;;/h3H,2H2,1H3;2*1H;/q;;;+2/p-2. The summed E-state index contributed by atoms with van der Waals surface area (Å²) < 4.78 is 0. The van der Waals surface area contributed by atoms with Crippen molar-refractivity contribution in [3.8, 4) is 0 Å². The molecule has 4 heteroatoms. The monoisotopic (exact) mass is 324 g/mol. The first-order valence-corrected chi connectivity index (χ1v) is 11.0. The molecule has 0 atom stereocenters. The molecule has 0 aromatic carbocycles. The summed E-state index contributed by atoms with van der Waals surface area (Å²) in [6, 6.07) is 0. The average Bonchev–Trinajstić information content (AvgIpc) is 1.39. The van der Waals surface area contributed by atoms with Crippen molar-refractivity contribution < 1.29 is 5.11 Å². The van der Waals surface area contributed by atoms with Crippen molar-refractivity contribution in [3.05, 3.63) is 0 Å².